The maximum Gasteiger partial charge on any atom is 0.427 e. The molecule has 130 valence electrons. The number of hydrogen-bond donors (Lipinski definition) is 1. The monoisotopic (exact) mass is 358 g/mol. The smallest absolute Gasteiger partial charge is 0.360 e. The van der Waals surface area contributed by atoms with Gasteiger partial charge in [-0.05, 0) is 6.07 Å². The molecule has 2 aromatic heterocycles. The largest absolute Gasteiger partial charge is 0.427 e. The van der Waals surface area contributed by atoms with Crippen molar-refractivity contribution in [2.24, 2.45) is 0 Å². The fourth-order valence-corrected chi connectivity index (χ4v) is 3.14. The summed E-state index contributed by atoms with van der Waals surface area (Å²) in [5, 5.41) is 3.26. The molecule has 0 aliphatic carbocycles. The highest BCUT2D eigenvalue weighted by Gasteiger charge is 2.33. The van der Waals surface area contributed by atoms with E-state index < -0.39 is 11.1 Å². The standard InChI is InChI=1S/C14H17F3N6S/c15-14(16,17)11-10-21-13(24-11)20-4-5-22-6-8-23(9-7-22)12-18-2-1-3-19-12/h1-3,10H,4-9H2,(H,20,21). The van der Waals surface area contributed by atoms with Crippen molar-refractivity contribution in [3.05, 3.63) is 29.5 Å². The lowest BCUT2D eigenvalue weighted by Crippen LogP contribution is -2.48. The number of nitrogens with zero attached hydrogens (tertiary/aromatic N) is 5. The van der Waals surface area contributed by atoms with Gasteiger partial charge in [0.25, 0.3) is 0 Å². The first kappa shape index (κ1) is 16.9. The highest BCUT2D eigenvalue weighted by Crippen LogP contribution is 2.34. The third-order valence-corrected chi connectivity index (χ3v) is 4.70. The second-order valence-corrected chi connectivity index (χ2v) is 6.36. The lowest BCUT2D eigenvalue weighted by molar-refractivity contribution is -0.134. The fraction of sp³-hybridized carbons (Fsp3) is 0.500. The number of anilines is 2. The molecule has 0 unspecified atom stereocenters. The van der Waals surface area contributed by atoms with Crippen LogP contribution in [-0.4, -0.2) is 59.1 Å². The van der Waals surface area contributed by atoms with Gasteiger partial charge in [-0.15, -0.1) is 0 Å². The van der Waals surface area contributed by atoms with Gasteiger partial charge in [0.1, 0.15) is 4.88 Å². The molecule has 3 rings (SSSR count). The Morgan fingerprint density at radius 1 is 1.08 bits per heavy atom. The van der Waals surface area contributed by atoms with E-state index in [0.717, 1.165) is 44.9 Å². The number of nitrogens with one attached hydrogen (secondary N) is 1. The van der Waals surface area contributed by atoms with Gasteiger partial charge in [-0.1, -0.05) is 11.3 Å². The van der Waals surface area contributed by atoms with E-state index in [1.165, 1.54) is 0 Å². The quantitative estimate of drug-likeness (QED) is 0.884. The number of alkyl halides is 3. The molecule has 2 aromatic rings. The molecule has 1 saturated heterocycles. The molecule has 10 heteroatoms. The molecule has 1 fully saturated rings. The zero-order valence-electron chi connectivity index (χ0n) is 12.8. The van der Waals surface area contributed by atoms with Gasteiger partial charge >= 0.3 is 6.18 Å². The van der Waals surface area contributed by atoms with Gasteiger partial charge in [0.15, 0.2) is 5.13 Å². The fourth-order valence-electron chi connectivity index (χ4n) is 2.43. The number of piperazine rings is 1. The van der Waals surface area contributed by atoms with E-state index in [1.54, 1.807) is 18.5 Å². The molecule has 0 amide bonds. The molecule has 0 bridgehead atoms. The minimum Gasteiger partial charge on any atom is -0.360 e. The van der Waals surface area contributed by atoms with Crippen LogP contribution in [0.3, 0.4) is 0 Å². The Labute approximate surface area is 141 Å². The summed E-state index contributed by atoms with van der Waals surface area (Å²) in [6, 6.07) is 1.79. The van der Waals surface area contributed by atoms with E-state index in [9.17, 15) is 13.2 Å². The van der Waals surface area contributed by atoms with Crippen molar-refractivity contribution in [3.63, 3.8) is 0 Å². The molecular weight excluding hydrogens is 341 g/mol. The molecule has 1 N–H and O–H groups in total. The summed E-state index contributed by atoms with van der Waals surface area (Å²) in [5.41, 5.74) is 0. The molecule has 6 nitrogen and oxygen atoms in total. The molecule has 0 spiro atoms. The summed E-state index contributed by atoms with van der Waals surface area (Å²) in [5.74, 6) is 0.734. The van der Waals surface area contributed by atoms with Crippen molar-refractivity contribution < 1.29 is 13.2 Å². The maximum atomic E-state index is 12.5. The van der Waals surface area contributed by atoms with Crippen molar-refractivity contribution in [1.29, 1.82) is 0 Å². The summed E-state index contributed by atoms with van der Waals surface area (Å²) in [6.45, 7) is 4.72. The first-order valence-electron chi connectivity index (χ1n) is 7.53. The van der Waals surface area contributed by atoms with Gasteiger partial charge in [0.05, 0.1) is 6.20 Å². The second-order valence-electron chi connectivity index (χ2n) is 5.33. The number of aromatic nitrogens is 3. The summed E-state index contributed by atoms with van der Waals surface area (Å²) >= 11 is 0.634. The van der Waals surface area contributed by atoms with Gasteiger partial charge in [0, 0.05) is 51.7 Å². The number of thiazole rings is 1. The first-order chi connectivity index (χ1) is 11.5. The summed E-state index contributed by atoms with van der Waals surface area (Å²) in [4.78, 5) is 15.9. The normalized spacial score (nSPS) is 16.4. The Kier molecular flexibility index (Phi) is 5.14. The Balaban J connectivity index is 1.40. The van der Waals surface area contributed by atoms with Gasteiger partial charge in [-0.25, -0.2) is 15.0 Å². The van der Waals surface area contributed by atoms with Gasteiger partial charge in [0.2, 0.25) is 5.95 Å². The topological polar surface area (TPSA) is 57.2 Å². The van der Waals surface area contributed by atoms with E-state index in [2.05, 4.69) is 30.1 Å². The van der Waals surface area contributed by atoms with E-state index >= 15 is 0 Å². The molecule has 3 heterocycles. The summed E-state index contributed by atoms with van der Waals surface area (Å²) < 4.78 is 37.5. The van der Waals surface area contributed by atoms with E-state index in [1.807, 2.05) is 0 Å². The molecule has 0 radical (unpaired) electrons. The van der Waals surface area contributed by atoms with Crippen LogP contribution in [0.5, 0.6) is 0 Å². The van der Waals surface area contributed by atoms with Crippen LogP contribution in [0.15, 0.2) is 24.7 Å². The molecule has 0 aromatic carbocycles. The van der Waals surface area contributed by atoms with Crippen LogP contribution in [0.1, 0.15) is 4.88 Å². The maximum absolute atomic E-state index is 12.5. The lowest BCUT2D eigenvalue weighted by atomic mass is 10.3. The minimum absolute atomic E-state index is 0.304. The average Bonchev–Trinajstić information content (AvgIpc) is 3.06. The van der Waals surface area contributed by atoms with Crippen LogP contribution in [-0.2, 0) is 6.18 Å². The van der Waals surface area contributed by atoms with Crippen molar-refractivity contribution in [2.75, 3.05) is 49.5 Å². The van der Waals surface area contributed by atoms with Gasteiger partial charge in [-0.2, -0.15) is 13.2 Å². The highest BCUT2D eigenvalue weighted by atomic mass is 32.1. The summed E-state index contributed by atoms with van der Waals surface area (Å²) in [6.07, 6.45) is -0.0111. The van der Waals surface area contributed by atoms with Crippen LogP contribution in [0, 0.1) is 0 Å². The Hall–Kier alpha value is -1.94. The molecule has 1 aliphatic rings. The van der Waals surface area contributed by atoms with Crippen LogP contribution >= 0.6 is 11.3 Å². The predicted octanol–water partition coefficient (Wildman–Crippen LogP) is 2.19. The zero-order valence-corrected chi connectivity index (χ0v) is 13.6. The van der Waals surface area contributed by atoms with Crippen LogP contribution in [0.2, 0.25) is 0 Å². The van der Waals surface area contributed by atoms with E-state index in [4.69, 9.17) is 0 Å². The second kappa shape index (κ2) is 7.31. The average molecular weight is 358 g/mol. The van der Waals surface area contributed by atoms with Crippen molar-refractivity contribution >= 4 is 22.4 Å². The van der Waals surface area contributed by atoms with Crippen LogP contribution < -0.4 is 10.2 Å². The predicted molar refractivity (Wildman–Crippen MR) is 86.3 cm³/mol. The molecule has 0 saturated carbocycles. The Morgan fingerprint density at radius 3 is 2.42 bits per heavy atom. The Morgan fingerprint density at radius 2 is 1.79 bits per heavy atom. The van der Waals surface area contributed by atoms with Gasteiger partial charge in [-0.3, -0.25) is 4.90 Å². The van der Waals surface area contributed by atoms with Gasteiger partial charge < -0.3 is 10.2 Å². The van der Waals surface area contributed by atoms with Crippen LogP contribution in [0.4, 0.5) is 24.3 Å². The highest BCUT2D eigenvalue weighted by molar-refractivity contribution is 7.15. The lowest BCUT2D eigenvalue weighted by Gasteiger charge is -2.34. The third kappa shape index (κ3) is 4.32. The van der Waals surface area contributed by atoms with Crippen molar-refractivity contribution in [2.45, 2.75) is 6.18 Å². The number of rotatable bonds is 5. The van der Waals surface area contributed by atoms with Crippen LogP contribution in [0.25, 0.3) is 0 Å². The number of halogens is 3. The molecule has 0 atom stereocenters. The third-order valence-electron chi connectivity index (χ3n) is 3.70. The molecule has 24 heavy (non-hydrogen) atoms. The van der Waals surface area contributed by atoms with Crippen molar-refractivity contribution in [1.82, 2.24) is 19.9 Å². The summed E-state index contributed by atoms with van der Waals surface area (Å²) in [7, 11) is 0. The van der Waals surface area contributed by atoms with E-state index in [0.29, 0.717) is 23.0 Å². The Bertz CT molecular complexity index is 639. The number of hydrogen-bond acceptors (Lipinski definition) is 7. The minimum atomic E-state index is -4.33. The first-order valence-corrected chi connectivity index (χ1v) is 8.35. The zero-order chi connectivity index (χ0) is 17.0. The van der Waals surface area contributed by atoms with E-state index in [-0.39, 0.29) is 0 Å². The SMILES string of the molecule is FC(F)(F)c1cnc(NCCN2CCN(c3ncccn3)CC2)s1. The molecule has 1 aliphatic heterocycles. The van der Waals surface area contributed by atoms with Crippen molar-refractivity contribution in [3.8, 4) is 0 Å². The molecular formula is C14H17F3N6S.